The summed E-state index contributed by atoms with van der Waals surface area (Å²) in [6, 6.07) is 3.91. The van der Waals surface area contributed by atoms with Gasteiger partial charge in [-0.2, -0.15) is 0 Å². The molecule has 5 nitrogen and oxygen atoms in total. The predicted molar refractivity (Wildman–Crippen MR) is 70.1 cm³/mol. The molecular weight excluding hydrogens is 246 g/mol. The van der Waals surface area contributed by atoms with Gasteiger partial charge in [-0.3, -0.25) is 4.79 Å². The van der Waals surface area contributed by atoms with Gasteiger partial charge in [-0.1, -0.05) is 0 Å². The molecule has 2 rings (SSSR count). The van der Waals surface area contributed by atoms with E-state index in [1.165, 1.54) is 18.2 Å². The van der Waals surface area contributed by atoms with Crippen LogP contribution in [-0.4, -0.2) is 45.8 Å². The molecule has 1 aromatic carbocycles. The summed E-state index contributed by atoms with van der Waals surface area (Å²) in [6.07, 6.45) is 2.64. The van der Waals surface area contributed by atoms with Gasteiger partial charge in [0, 0.05) is 31.3 Å². The summed E-state index contributed by atoms with van der Waals surface area (Å²) in [4.78, 5) is 14.0. The fraction of sp³-hybridized carbons (Fsp3) is 0.500. The first kappa shape index (κ1) is 13.7. The third kappa shape index (κ3) is 3.38. The molecule has 1 aliphatic heterocycles. The van der Waals surface area contributed by atoms with Gasteiger partial charge in [-0.25, -0.2) is 0 Å². The number of aliphatic hydroxyl groups is 1. The van der Waals surface area contributed by atoms with Gasteiger partial charge >= 0.3 is 0 Å². The Bertz CT molecular complexity index is 439. The zero-order valence-electron chi connectivity index (χ0n) is 10.7. The van der Waals surface area contributed by atoms with Crippen molar-refractivity contribution in [3.8, 4) is 11.5 Å². The van der Waals surface area contributed by atoms with E-state index in [1.807, 2.05) is 0 Å². The second-order valence-corrected chi connectivity index (χ2v) is 5.01. The second kappa shape index (κ2) is 5.93. The molecular formula is C14H19NO4. The number of rotatable bonds is 3. The summed E-state index contributed by atoms with van der Waals surface area (Å²) in [6.45, 7) is 1.44. The number of hydrogen-bond acceptors (Lipinski definition) is 4. The number of nitrogens with zero attached hydrogens (tertiary/aromatic N) is 1. The lowest BCUT2D eigenvalue weighted by Crippen LogP contribution is -2.40. The van der Waals surface area contributed by atoms with Gasteiger partial charge in [-0.05, 0) is 37.3 Å². The highest BCUT2D eigenvalue weighted by molar-refractivity contribution is 5.95. The smallest absolute Gasteiger partial charge is 0.254 e. The maximum atomic E-state index is 12.3. The average molecular weight is 265 g/mol. The molecule has 19 heavy (non-hydrogen) atoms. The van der Waals surface area contributed by atoms with Crippen LogP contribution in [0.1, 0.15) is 29.6 Å². The molecule has 1 atom stereocenters. The normalized spacial score (nSPS) is 19.4. The van der Waals surface area contributed by atoms with Crippen molar-refractivity contribution in [2.45, 2.75) is 19.3 Å². The Morgan fingerprint density at radius 3 is 2.58 bits per heavy atom. The minimum absolute atomic E-state index is 0.118. The Kier molecular flexibility index (Phi) is 4.27. The standard InChI is InChI=1S/C14H19NO4/c16-5-3-10-2-1-4-15(9-10)14(19)11-6-12(17)8-13(18)7-11/h6-8,10,16-18H,1-5,9H2. The Morgan fingerprint density at radius 1 is 1.26 bits per heavy atom. The lowest BCUT2D eigenvalue weighted by atomic mass is 9.94. The van der Waals surface area contributed by atoms with Crippen LogP contribution in [0.5, 0.6) is 11.5 Å². The molecule has 1 unspecified atom stereocenters. The molecule has 1 amide bonds. The molecule has 0 spiro atoms. The van der Waals surface area contributed by atoms with E-state index in [4.69, 9.17) is 5.11 Å². The van der Waals surface area contributed by atoms with Gasteiger partial charge in [0.25, 0.3) is 5.91 Å². The molecule has 0 aromatic heterocycles. The first-order chi connectivity index (χ1) is 9.10. The second-order valence-electron chi connectivity index (χ2n) is 5.01. The van der Waals surface area contributed by atoms with E-state index < -0.39 is 0 Å². The van der Waals surface area contributed by atoms with Crippen molar-refractivity contribution >= 4 is 5.91 Å². The number of aliphatic hydroxyl groups excluding tert-OH is 1. The van der Waals surface area contributed by atoms with Crippen molar-refractivity contribution in [2.24, 2.45) is 5.92 Å². The molecule has 5 heteroatoms. The van der Waals surface area contributed by atoms with Crippen LogP contribution in [0.4, 0.5) is 0 Å². The van der Waals surface area contributed by atoms with E-state index in [0.29, 0.717) is 31.0 Å². The fourth-order valence-electron chi connectivity index (χ4n) is 2.57. The quantitative estimate of drug-likeness (QED) is 0.770. The Balaban J connectivity index is 2.10. The van der Waals surface area contributed by atoms with E-state index in [-0.39, 0.29) is 24.0 Å². The average Bonchev–Trinajstić information content (AvgIpc) is 2.37. The van der Waals surface area contributed by atoms with Crippen LogP contribution < -0.4 is 0 Å². The summed E-state index contributed by atoms with van der Waals surface area (Å²) < 4.78 is 0. The van der Waals surface area contributed by atoms with Crippen molar-refractivity contribution in [1.82, 2.24) is 4.90 Å². The fourth-order valence-corrected chi connectivity index (χ4v) is 2.57. The van der Waals surface area contributed by atoms with Crippen LogP contribution in [0.25, 0.3) is 0 Å². The van der Waals surface area contributed by atoms with Crippen molar-refractivity contribution in [2.75, 3.05) is 19.7 Å². The summed E-state index contributed by atoms with van der Waals surface area (Å²) in [7, 11) is 0. The molecule has 1 saturated heterocycles. The van der Waals surface area contributed by atoms with E-state index in [0.717, 1.165) is 12.8 Å². The summed E-state index contributed by atoms with van der Waals surface area (Å²) in [5, 5.41) is 27.8. The topological polar surface area (TPSA) is 81.0 Å². The lowest BCUT2D eigenvalue weighted by molar-refractivity contribution is 0.0653. The van der Waals surface area contributed by atoms with Gasteiger partial charge < -0.3 is 20.2 Å². The molecule has 0 aliphatic carbocycles. The van der Waals surface area contributed by atoms with Crippen LogP contribution in [-0.2, 0) is 0 Å². The first-order valence-corrected chi connectivity index (χ1v) is 6.53. The molecule has 3 N–H and O–H groups in total. The van der Waals surface area contributed by atoms with Gasteiger partial charge in [-0.15, -0.1) is 0 Å². The van der Waals surface area contributed by atoms with Crippen molar-refractivity contribution in [1.29, 1.82) is 0 Å². The number of phenolic OH excluding ortho intramolecular Hbond substituents is 2. The molecule has 1 fully saturated rings. The van der Waals surface area contributed by atoms with E-state index in [1.54, 1.807) is 4.90 Å². The third-order valence-corrected chi connectivity index (χ3v) is 3.49. The maximum Gasteiger partial charge on any atom is 0.254 e. The highest BCUT2D eigenvalue weighted by Gasteiger charge is 2.24. The van der Waals surface area contributed by atoms with Crippen LogP contribution in [0, 0.1) is 5.92 Å². The summed E-state index contributed by atoms with van der Waals surface area (Å²) in [5.74, 6) is -0.0954. The predicted octanol–water partition coefficient (Wildman–Crippen LogP) is 1.33. The van der Waals surface area contributed by atoms with E-state index in [9.17, 15) is 15.0 Å². The van der Waals surface area contributed by atoms with Crippen molar-refractivity contribution in [3.63, 3.8) is 0 Å². The van der Waals surface area contributed by atoms with Crippen LogP contribution >= 0.6 is 0 Å². The zero-order valence-corrected chi connectivity index (χ0v) is 10.7. The lowest BCUT2D eigenvalue weighted by Gasteiger charge is -2.32. The van der Waals surface area contributed by atoms with Crippen molar-refractivity contribution < 1.29 is 20.1 Å². The number of amides is 1. The number of phenols is 2. The van der Waals surface area contributed by atoms with Crippen molar-refractivity contribution in [3.05, 3.63) is 23.8 Å². The first-order valence-electron chi connectivity index (χ1n) is 6.53. The number of carbonyl (C=O) groups excluding carboxylic acids is 1. The largest absolute Gasteiger partial charge is 0.508 e. The molecule has 104 valence electrons. The molecule has 0 radical (unpaired) electrons. The highest BCUT2D eigenvalue weighted by atomic mass is 16.3. The van der Waals surface area contributed by atoms with Crippen LogP contribution in [0.2, 0.25) is 0 Å². The van der Waals surface area contributed by atoms with Gasteiger partial charge in [0.05, 0.1) is 0 Å². The summed E-state index contributed by atoms with van der Waals surface area (Å²) >= 11 is 0. The number of likely N-dealkylation sites (tertiary alicyclic amines) is 1. The van der Waals surface area contributed by atoms with E-state index in [2.05, 4.69) is 0 Å². The Labute approximate surface area is 112 Å². The van der Waals surface area contributed by atoms with Crippen LogP contribution in [0.15, 0.2) is 18.2 Å². The summed E-state index contributed by atoms with van der Waals surface area (Å²) in [5.41, 5.74) is 0.294. The molecule has 1 aliphatic rings. The zero-order chi connectivity index (χ0) is 13.8. The SMILES string of the molecule is O=C(c1cc(O)cc(O)c1)N1CCCC(CCO)C1. The number of benzene rings is 1. The van der Waals surface area contributed by atoms with Gasteiger partial charge in [0.1, 0.15) is 11.5 Å². The minimum Gasteiger partial charge on any atom is -0.508 e. The molecule has 1 heterocycles. The van der Waals surface area contributed by atoms with E-state index >= 15 is 0 Å². The number of hydrogen-bond donors (Lipinski definition) is 3. The molecule has 0 bridgehead atoms. The Morgan fingerprint density at radius 2 is 1.95 bits per heavy atom. The number of aromatic hydroxyl groups is 2. The Hall–Kier alpha value is -1.75. The van der Waals surface area contributed by atoms with Gasteiger partial charge in [0.2, 0.25) is 0 Å². The molecule has 1 aromatic rings. The maximum absolute atomic E-state index is 12.3. The monoisotopic (exact) mass is 265 g/mol. The third-order valence-electron chi connectivity index (χ3n) is 3.49. The molecule has 0 saturated carbocycles. The van der Waals surface area contributed by atoms with Gasteiger partial charge in [0.15, 0.2) is 0 Å². The highest BCUT2D eigenvalue weighted by Crippen LogP contribution is 2.24. The van der Waals surface area contributed by atoms with Crippen LogP contribution in [0.3, 0.4) is 0 Å². The number of piperidine rings is 1. The number of carbonyl (C=O) groups is 1. The minimum atomic E-state index is -0.186.